The van der Waals surface area contributed by atoms with Crippen molar-refractivity contribution in [1.29, 1.82) is 0 Å². The van der Waals surface area contributed by atoms with Crippen molar-refractivity contribution in [3.05, 3.63) is 42.5 Å². The van der Waals surface area contributed by atoms with Crippen molar-refractivity contribution >= 4 is 17.0 Å². The number of fused-ring (bicyclic) bond motifs is 1. The summed E-state index contributed by atoms with van der Waals surface area (Å²) in [6.45, 7) is 0.347. The fourth-order valence-electron chi connectivity index (χ4n) is 2.23. The minimum Gasteiger partial charge on any atom is -0.406 e. The molecule has 120 valence electrons. The van der Waals surface area contributed by atoms with E-state index in [0.29, 0.717) is 29.1 Å². The zero-order chi connectivity index (χ0) is 16.4. The number of ether oxygens (including phenoxy) is 1. The summed E-state index contributed by atoms with van der Waals surface area (Å²) in [5.41, 5.74) is 1.84. The standard InChI is InChI=1S/C14H12F3N5O/c1-22(13-11-12(19-7-18-11)20-8-21-13)6-9-3-2-4-10(5-9)23-14(15,16)17/h2-5,7-8H,6H2,1H3,(H,18,19,20,21). The van der Waals surface area contributed by atoms with Crippen LogP contribution in [0.5, 0.6) is 5.75 Å². The highest BCUT2D eigenvalue weighted by atomic mass is 19.4. The van der Waals surface area contributed by atoms with Crippen molar-refractivity contribution < 1.29 is 17.9 Å². The first-order valence-electron chi connectivity index (χ1n) is 6.62. The summed E-state index contributed by atoms with van der Waals surface area (Å²) in [6, 6.07) is 5.82. The number of nitrogens with one attached hydrogen (secondary N) is 1. The van der Waals surface area contributed by atoms with Crippen LogP contribution in [0.25, 0.3) is 11.2 Å². The summed E-state index contributed by atoms with van der Waals surface area (Å²) in [6.07, 6.45) is -1.81. The summed E-state index contributed by atoms with van der Waals surface area (Å²) >= 11 is 0. The molecule has 0 fully saturated rings. The number of imidazole rings is 1. The van der Waals surface area contributed by atoms with Crippen LogP contribution in [0.2, 0.25) is 0 Å². The Bertz CT molecular complexity index is 817. The molecule has 0 atom stereocenters. The molecule has 0 aliphatic heterocycles. The van der Waals surface area contributed by atoms with Gasteiger partial charge in [0.15, 0.2) is 11.5 Å². The van der Waals surface area contributed by atoms with Crippen LogP contribution in [0.3, 0.4) is 0 Å². The molecule has 3 aromatic rings. The SMILES string of the molecule is CN(Cc1cccc(OC(F)(F)F)c1)c1ncnc2nc[nH]c12. The number of aromatic nitrogens is 4. The smallest absolute Gasteiger partial charge is 0.406 e. The molecule has 0 saturated heterocycles. The number of H-pyrrole nitrogens is 1. The Morgan fingerprint density at radius 1 is 1.22 bits per heavy atom. The summed E-state index contributed by atoms with van der Waals surface area (Å²) in [5.74, 6) is 0.354. The Balaban J connectivity index is 1.81. The van der Waals surface area contributed by atoms with E-state index in [1.54, 1.807) is 18.0 Å². The molecule has 1 N–H and O–H groups in total. The number of nitrogens with zero attached hydrogens (tertiary/aromatic N) is 4. The largest absolute Gasteiger partial charge is 0.573 e. The molecule has 23 heavy (non-hydrogen) atoms. The first-order valence-corrected chi connectivity index (χ1v) is 6.62. The Labute approximate surface area is 129 Å². The second-order valence-corrected chi connectivity index (χ2v) is 4.85. The lowest BCUT2D eigenvalue weighted by atomic mass is 10.2. The monoisotopic (exact) mass is 323 g/mol. The second-order valence-electron chi connectivity index (χ2n) is 4.85. The van der Waals surface area contributed by atoms with Crippen molar-refractivity contribution in [2.75, 3.05) is 11.9 Å². The highest BCUT2D eigenvalue weighted by molar-refractivity contribution is 5.82. The van der Waals surface area contributed by atoms with Gasteiger partial charge in [-0.2, -0.15) is 0 Å². The van der Waals surface area contributed by atoms with Crippen molar-refractivity contribution in [1.82, 2.24) is 19.9 Å². The van der Waals surface area contributed by atoms with Gasteiger partial charge in [0.25, 0.3) is 0 Å². The number of halogens is 3. The van der Waals surface area contributed by atoms with E-state index in [4.69, 9.17) is 0 Å². The Kier molecular flexibility index (Phi) is 3.77. The average molecular weight is 323 g/mol. The third kappa shape index (κ3) is 3.50. The molecule has 0 spiro atoms. The average Bonchev–Trinajstić information content (AvgIpc) is 2.93. The predicted octanol–water partition coefficient (Wildman–Crippen LogP) is 2.89. The van der Waals surface area contributed by atoms with Gasteiger partial charge in [-0.15, -0.1) is 13.2 Å². The number of hydrogen-bond acceptors (Lipinski definition) is 5. The maximum absolute atomic E-state index is 12.3. The van der Waals surface area contributed by atoms with Crippen molar-refractivity contribution in [2.45, 2.75) is 12.9 Å². The van der Waals surface area contributed by atoms with Gasteiger partial charge in [0.2, 0.25) is 0 Å². The molecule has 2 aromatic heterocycles. The molecule has 3 rings (SSSR count). The normalized spacial score (nSPS) is 11.7. The third-order valence-electron chi connectivity index (χ3n) is 3.12. The Hall–Kier alpha value is -2.84. The van der Waals surface area contributed by atoms with Gasteiger partial charge in [-0.1, -0.05) is 12.1 Å². The summed E-state index contributed by atoms with van der Waals surface area (Å²) in [5, 5.41) is 0. The van der Waals surface area contributed by atoms with Crippen LogP contribution in [0.4, 0.5) is 19.0 Å². The maximum atomic E-state index is 12.3. The van der Waals surface area contributed by atoms with E-state index < -0.39 is 6.36 Å². The van der Waals surface area contributed by atoms with Gasteiger partial charge in [-0.3, -0.25) is 0 Å². The van der Waals surface area contributed by atoms with Gasteiger partial charge >= 0.3 is 6.36 Å². The van der Waals surface area contributed by atoms with Crippen LogP contribution >= 0.6 is 0 Å². The van der Waals surface area contributed by atoms with Gasteiger partial charge in [-0.05, 0) is 17.7 Å². The van der Waals surface area contributed by atoms with Crippen LogP contribution in [0.1, 0.15) is 5.56 Å². The predicted molar refractivity (Wildman–Crippen MR) is 76.9 cm³/mol. The number of benzene rings is 1. The van der Waals surface area contributed by atoms with E-state index in [0.717, 1.165) is 0 Å². The maximum Gasteiger partial charge on any atom is 0.573 e. The second kappa shape index (κ2) is 5.75. The molecule has 2 heterocycles. The molecular formula is C14H12F3N5O. The van der Waals surface area contributed by atoms with Crippen LogP contribution in [0, 0.1) is 0 Å². The number of rotatable bonds is 4. The zero-order valence-corrected chi connectivity index (χ0v) is 12.0. The quantitative estimate of drug-likeness (QED) is 0.800. The van der Waals surface area contributed by atoms with Crippen molar-refractivity contribution in [2.24, 2.45) is 0 Å². The highest BCUT2D eigenvalue weighted by Gasteiger charge is 2.31. The van der Waals surface area contributed by atoms with Crippen LogP contribution < -0.4 is 9.64 Å². The fourth-order valence-corrected chi connectivity index (χ4v) is 2.23. The molecule has 6 nitrogen and oxygen atoms in total. The Morgan fingerprint density at radius 2 is 2.04 bits per heavy atom. The van der Waals surface area contributed by atoms with E-state index in [-0.39, 0.29) is 5.75 Å². The molecule has 1 aromatic carbocycles. The van der Waals surface area contributed by atoms with Gasteiger partial charge in [-0.25, -0.2) is 15.0 Å². The van der Waals surface area contributed by atoms with E-state index in [1.165, 1.54) is 30.9 Å². The summed E-state index contributed by atoms with van der Waals surface area (Å²) < 4.78 is 40.8. The number of hydrogen-bond donors (Lipinski definition) is 1. The van der Waals surface area contributed by atoms with Gasteiger partial charge in [0.05, 0.1) is 6.33 Å². The van der Waals surface area contributed by atoms with Crippen LogP contribution in [0.15, 0.2) is 36.9 Å². The van der Waals surface area contributed by atoms with Gasteiger partial charge < -0.3 is 14.6 Å². The molecule has 0 radical (unpaired) electrons. The number of anilines is 1. The van der Waals surface area contributed by atoms with E-state index in [1.807, 2.05) is 0 Å². The summed E-state index contributed by atoms with van der Waals surface area (Å²) in [7, 11) is 1.78. The molecule has 0 amide bonds. The van der Waals surface area contributed by atoms with Crippen LogP contribution in [-0.4, -0.2) is 33.3 Å². The molecule has 0 bridgehead atoms. The minimum atomic E-state index is -4.71. The number of alkyl halides is 3. The van der Waals surface area contributed by atoms with Crippen LogP contribution in [-0.2, 0) is 6.54 Å². The first kappa shape index (κ1) is 15.1. The molecule has 0 aliphatic rings. The highest BCUT2D eigenvalue weighted by Crippen LogP contribution is 2.25. The van der Waals surface area contributed by atoms with Crippen molar-refractivity contribution in [3.63, 3.8) is 0 Å². The van der Waals surface area contributed by atoms with Gasteiger partial charge in [0, 0.05) is 13.6 Å². The van der Waals surface area contributed by atoms with E-state index in [9.17, 15) is 13.2 Å². The molecule has 0 saturated carbocycles. The molecule has 0 aliphatic carbocycles. The first-order chi connectivity index (χ1) is 10.9. The minimum absolute atomic E-state index is 0.252. The molecule has 9 heteroatoms. The Morgan fingerprint density at radius 3 is 2.83 bits per heavy atom. The zero-order valence-electron chi connectivity index (χ0n) is 12.0. The van der Waals surface area contributed by atoms with E-state index >= 15 is 0 Å². The lowest BCUT2D eigenvalue weighted by Crippen LogP contribution is -2.19. The third-order valence-corrected chi connectivity index (χ3v) is 3.12. The van der Waals surface area contributed by atoms with Crippen molar-refractivity contribution in [3.8, 4) is 5.75 Å². The lowest BCUT2D eigenvalue weighted by Gasteiger charge is -2.19. The summed E-state index contributed by atoms with van der Waals surface area (Å²) in [4.78, 5) is 17.0. The fraction of sp³-hybridized carbons (Fsp3) is 0.214. The molecular weight excluding hydrogens is 311 g/mol. The topological polar surface area (TPSA) is 66.9 Å². The molecule has 0 unspecified atom stereocenters. The number of aromatic amines is 1. The van der Waals surface area contributed by atoms with E-state index in [2.05, 4.69) is 24.7 Å². The van der Waals surface area contributed by atoms with Gasteiger partial charge in [0.1, 0.15) is 17.6 Å². The lowest BCUT2D eigenvalue weighted by molar-refractivity contribution is -0.274.